The first-order chi connectivity index (χ1) is 15.5. The van der Waals surface area contributed by atoms with E-state index >= 15 is 0 Å². The Hall–Kier alpha value is -3.06. The van der Waals surface area contributed by atoms with Gasteiger partial charge in [0.2, 0.25) is 5.91 Å². The molecule has 0 spiro atoms. The lowest BCUT2D eigenvalue weighted by atomic mass is 9.99. The van der Waals surface area contributed by atoms with E-state index in [1.807, 2.05) is 23.1 Å². The Bertz CT molecular complexity index is 998. The second-order valence-corrected chi connectivity index (χ2v) is 8.46. The molecule has 1 N–H and O–H groups in total. The Kier molecular flexibility index (Phi) is 6.95. The predicted octanol–water partition coefficient (Wildman–Crippen LogP) is 3.27. The van der Waals surface area contributed by atoms with E-state index in [2.05, 4.69) is 5.32 Å². The van der Waals surface area contributed by atoms with Gasteiger partial charge in [-0.05, 0) is 56.0 Å². The van der Waals surface area contributed by atoms with Crippen LogP contribution in [0.3, 0.4) is 0 Å². The van der Waals surface area contributed by atoms with Gasteiger partial charge in [0.1, 0.15) is 12.3 Å². The van der Waals surface area contributed by atoms with Crippen LogP contribution in [-0.2, 0) is 9.59 Å². The van der Waals surface area contributed by atoms with E-state index in [-0.39, 0.29) is 36.9 Å². The zero-order valence-corrected chi connectivity index (χ0v) is 18.5. The lowest BCUT2D eigenvalue weighted by Crippen LogP contribution is -2.51. The molecule has 3 amide bonds. The SMILES string of the molecule is O=C(NCC[C@@H]1CCCCN1C(=O)CN1C(=O)COc2ccc(Cl)cc21)c1ccccc1. The number of rotatable bonds is 6. The molecule has 4 rings (SSSR count). The summed E-state index contributed by atoms with van der Waals surface area (Å²) < 4.78 is 5.47. The summed E-state index contributed by atoms with van der Waals surface area (Å²) in [5, 5.41) is 3.42. The number of ether oxygens (including phenoxy) is 1. The van der Waals surface area contributed by atoms with Crippen LogP contribution in [0, 0.1) is 0 Å². The number of fused-ring (bicyclic) bond motifs is 1. The largest absolute Gasteiger partial charge is 0.482 e. The van der Waals surface area contributed by atoms with E-state index in [9.17, 15) is 14.4 Å². The van der Waals surface area contributed by atoms with Gasteiger partial charge in [-0.1, -0.05) is 29.8 Å². The van der Waals surface area contributed by atoms with Crippen molar-refractivity contribution in [2.24, 2.45) is 0 Å². The Morgan fingerprint density at radius 1 is 1.12 bits per heavy atom. The van der Waals surface area contributed by atoms with Gasteiger partial charge in [-0.25, -0.2) is 0 Å². The van der Waals surface area contributed by atoms with Crippen LogP contribution < -0.4 is 15.0 Å². The number of nitrogens with one attached hydrogen (secondary N) is 1. The molecule has 2 aromatic rings. The summed E-state index contributed by atoms with van der Waals surface area (Å²) in [5.74, 6) is 0.0503. The Labute approximate surface area is 192 Å². The van der Waals surface area contributed by atoms with Crippen LogP contribution in [0.5, 0.6) is 5.75 Å². The first-order valence-electron chi connectivity index (χ1n) is 10.9. The number of carbonyl (C=O) groups is 3. The molecule has 0 unspecified atom stereocenters. The van der Waals surface area contributed by atoms with Crippen LogP contribution in [0.2, 0.25) is 5.02 Å². The molecule has 1 fully saturated rings. The molecule has 0 saturated carbocycles. The van der Waals surface area contributed by atoms with Gasteiger partial charge in [0.05, 0.1) is 5.69 Å². The van der Waals surface area contributed by atoms with Crippen molar-refractivity contribution in [3.8, 4) is 5.75 Å². The minimum Gasteiger partial charge on any atom is -0.482 e. The zero-order chi connectivity index (χ0) is 22.5. The van der Waals surface area contributed by atoms with Gasteiger partial charge in [-0.15, -0.1) is 0 Å². The highest BCUT2D eigenvalue weighted by molar-refractivity contribution is 6.31. The molecule has 0 bridgehead atoms. The average Bonchev–Trinajstić information content (AvgIpc) is 2.81. The van der Waals surface area contributed by atoms with Crippen LogP contribution in [-0.4, -0.2) is 54.9 Å². The van der Waals surface area contributed by atoms with E-state index in [1.54, 1.807) is 30.3 Å². The number of hydrogen-bond donors (Lipinski definition) is 1. The minimum atomic E-state index is -0.267. The third kappa shape index (κ3) is 5.05. The highest BCUT2D eigenvalue weighted by Crippen LogP contribution is 2.34. The number of benzene rings is 2. The number of halogens is 1. The molecule has 168 valence electrons. The van der Waals surface area contributed by atoms with Crippen molar-refractivity contribution in [1.82, 2.24) is 10.2 Å². The molecule has 1 atom stereocenters. The molecule has 1 saturated heterocycles. The number of nitrogens with zero attached hydrogens (tertiary/aromatic N) is 2. The molecular weight excluding hydrogens is 430 g/mol. The van der Waals surface area contributed by atoms with Gasteiger partial charge in [0.25, 0.3) is 11.8 Å². The fourth-order valence-corrected chi connectivity index (χ4v) is 4.41. The maximum Gasteiger partial charge on any atom is 0.265 e. The lowest BCUT2D eigenvalue weighted by molar-refractivity contribution is -0.135. The lowest BCUT2D eigenvalue weighted by Gasteiger charge is -2.38. The van der Waals surface area contributed by atoms with Crippen molar-refractivity contribution in [3.05, 3.63) is 59.1 Å². The Morgan fingerprint density at radius 2 is 1.94 bits per heavy atom. The third-order valence-corrected chi connectivity index (χ3v) is 6.14. The summed E-state index contributed by atoms with van der Waals surface area (Å²) in [6.07, 6.45) is 3.52. The Balaban J connectivity index is 1.38. The van der Waals surface area contributed by atoms with Gasteiger partial charge < -0.3 is 15.0 Å². The quantitative estimate of drug-likeness (QED) is 0.725. The number of carbonyl (C=O) groups excluding carboxylic acids is 3. The van der Waals surface area contributed by atoms with Gasteiger partial charge in [0.15, 0.2) is 6.61 Å². The maximum absolute atomic E-state index is 13.2. The molecular formula is C24H26ClN3O4. The molecule has 2 aliphatic rings. The number of amides is 3. The van der Waals surface area contributed by atoms with Crippen molar-refractivity contribution >= 4 is 35.0 Å². The average molecular weight is 456 g/mol. The summed E-state index contributed by atoms with van der Waals surface area (Å²) in [5.41, 5.74) is 1.14. The third-order valence-electron chi connectivity index (χ3n) is 5.90. The minimum absolute atomic E-state index is 0.0299. The van der Waals surface area contributed by atoms with Crippen molar-refractivity contribution in [1.29, 1.82) is 0 Å². The smallest absolute Gasteiger partial charge is 0.265 e. The second kappa shape index (κ2) is 10.0. The summed E-state index contributed by atoms with van der Waals surface area (Å²) in [6, 6.07) is 14.2. The van der Waals surface area contributed by atoms with Gasteiger partial charge in [0, 0.05) is 29.7 Å². The van der Waals surface area contributed by atoms with Crippen molar-refractivity contribution in [2.75, 3.05) is 31.1 Å². The molecule has 32 heavy (non-hydrogen) atoms. The molecule has 8 heteroatoms. The summed E-state index contributed by atoms with van der Waals surface area (Å²) in [6.45, 7) is 0.980. The number of piperidine rings is 1. The van der Waals surface area contributed by atoms with Crippen LogP contribution >= 0.6 is 11.6 Å². The van der Waals surface area contributed by atoms with Gasteiger partial charge >= 0.3 is 0 Å². The summed E-state index contributed by atoms with van der Waals surface area (Å²) in [7, 11) is 0. The number of likely N-dealkylation sites (tertiary alicyclic amines) is 1. The molecule has 2 heterocycles. The van der Waals surface area contributed by atoms with Crippen molar-refractivity contribution in [3.63, 3.8) is 0 Å². The van der Waals surface area contributed by atoms with Crippen LogP contribution in [0.15, 0.2) is 48.5 Å². The van der Waals surface area contributed by atoms with Gasteiger partial charge in [-0.3, -0.25) is 19.3 Å². The van der Waals surface area contributed by atoms with E-state index in [0.717, 1.165) is 19.3 Å². The summed E-state index contributed by atoms with van der Waals surface area (Å²) in [4.78, 5) is 41.3. The molecule has 7 nitrogen and oxygen atoms in total. The van der Waals surface area contributed by atoms with Crippen molar-refractivity contribution in [2.45, 2.75) is 31.7 Å². The predicted molar refractivity (Wildman–Crippen MR) is 122 cm³/mol. The standard InChI is InChI=1S/C24H26ClN3O4/c25-18-9-10-21-20(14-18)28(23(30)16-32-21)15-22(29)27-13-5-4-8-19(27)11-12-26-24(31)17-6-2-1-3-7-17/h1-3,6-7,9-10,14,19H,4-5,8,11-13,15-16H2,(H,26,31)/t19-/m0/s1. The van der Waals surface area contributed by atoms with E-state index in [4.69, 9.17) is 16.3 Å². The monoisotopic (exact) mass is 455 g/mol. The highest BCUT2D eigenvalue weighted by Gasteiger charge is 2.32. The fourth-order valence-electron chi connectivity index (χ4n) is 4.25. The van der Waals surface area contributed by atoms with Crippen LogP contribution in [0.4, 0.5) is 5.69 Å². The van der Waals surface area contributed by atoms with Crippen LogP contribution in [0.1, 0.15) is 36.0 Å². The number of anilines is 1. The molecule has 0 radical (unpaired) electrons. The fraction of sp³-hybridized carbons (Fsp3) is 0.375. The normalized spacial score (nSPS) is 18.0. The molecule has 2 aliphatic heterocycles. The van der Waals surface area contributed by atoms with E-state index in [0.29, 0.717) is 41.5 Å². The first-order valence-corrected chi connectivity index (χ1v) is 11.3. The zero-order valence-electron chi connectivity index (χ0n) is 17.8. The Morgan fingerprint density at radius 3 is 2.75 bits per heavy atom. The molecule has 0 aliphatic carbocycles. The first kappa shape index (κ1) is 22.1. The number of hydrogen-bond acceptors (Lipinski definition) is 4. The van der Waals surface area contributed by atoms with E-state index < -0.39 is 0 Å². The highest BCUT2D eigenvalue weighted by atomic mass is 35.5. The van der Waals surface area contributed by atoms with Gasteiger partial charge in [-0.2, -0.15) is 0 Å². The summed E-state index contributed by atoms with van der Waals surface area (Å²) >= 11 is 6.10. The van der Waals surface area contributed by atoms with Crippen molar-refractivity contribution < 1.29 is 19.1 Å². The van der Waals surface area contributed by atoms with E-state index in [1.165, 1.54) is 4.90 Å². The molecule has 2 aromatic carbocycles. The maximum atomic E-state index is 13.2. The second-order valence-electron chi connectivity index (χ2n) is 8.03. The molecule has 0 aromatic heterocycles. The van der Waals surface area contributed by atoms with Crippen LogP contribution in [0.25, 0.3) is 0 Å². The topological polar surface area (TPSA) is 79.0 Å².